The lowest BCUT2D eigenvalue weighted by Crippen LogP contribution is -2.36. The van der Waals surface area contributed by atoms with Crippen molar-refractivity contribution in [2.24, 2.45) is 10.9 Å². The van der Waals surface area contributed by atoms with Crippen LogP contribution in [0.25, 0.3) is 11.3 Å². The Bertz CT molecular complexity index is 901. The van der Waals surface area contributed by atoms with Gasteiger partial charge in [0.2, 0.25) is 0 Å². The molecule has 0 aliphatic heterocycles. The first-order chi connectivity index (χ1) is 12.9. The lowest BCUT2D eigenvalue weighted by Gasteiger charge is -2.34. The van der Waals surface area contributed by atoms with Crippen LogP contribution in [0.15, 0.2) is 29.7 Å². The third-order valence-corrected chi connectivity index (χ3v) is 5.72. The molecule has 1 aromatic heterocycles. The van der Waals surface area contributed by atoms with Gasteiger partial charge in [0.25, 0.3) is 0 Å². The van der Waals surface area contributed by atoms with Crippen molar-refractivity contribution in [3.63, 3.8) is 0 Å². The summed E-state index contributed by atoms with van der Waals surface area (Å²) in [6, 6.07) is 6.10. The number of nitrogens with two attached hydrogens (primary N) is 2. The number of oxime groups is 1. The standard InChI is InChI=1S/C20H25N5O2/c1-20(2)16-17(23-10-24-19(16)22)14-8-7-13(9-15(14)18(20)25-26)27-12-5-3-11(21)4-6-12/h7-12,26H,3-6,21H2,1-2H3,(H2,22,23,24)/b25-18+. The summed E-state index contributed by atoms with van der Waals surface area (Å²) in [4.78, 5) is 8.58. The van der Waals surface area contributed by atoms with Crippen molar-refractivity contribution in [1.29, 1.82) is 0 Å². The van der Waals surface area contributed by atoms with E-state index >= 15 is 0 Å². The van der Waals surface area contributed by atoms with Crippen molar-refractivity contribution in [2.75, 3.05) is 5.73 Å². The topological polar surface area (TPSA) is 120 Å². The summed E-state index contributed by atoms with van der Waals surface area (Å²) in [5.74, 6) is 1.16. The Morgan fingerprint density at radius 3 is 2.59 bits per heavy atom. The molecule has 1 aromatic carbocycles. The third-order valence-electron chi connectivity index (χ3n) is 5.72. The van der Waals surface area contributed by atoms with Gasteiger partial charge < -0.3 is 21.4 Å². The molecule has 4 rings (SSSR count). The van der Waals surface area contributed by atoms with Crippen molar-refractivity contribution >= 4 is 11.5 Å². The molecule has 1 heterocycles. The SMILES string of the molecule is CC1(C)/C(=N/O)c2cc(OC3CCC(N)CC3)ccc2-c2ncnc(N)c21. The zero-order valence-electron chi connectivity index (χ0n) is 15.6. The molecule has 2 aromatic rings. The predicted octanol–water partition coefficient (Wildman–Crippen LogP) is 2.84. The average Bonchev–Trinajstić information content (AvgIpc) is 2.63. The number of fused-ring (bicyclic) bond motifs is 3. The smallest absolute Gasteiger partial charge is 0.131 e. The first kappa shape index (κ1) is 17.7. The monoisotopic (exact) mass is 367 g/mol. The molecule has 2 aliphatic carbocycles. The highest BCUT2D eigenvalue weighted by Gasteiger charge is 2.40. The van der Waals surface area contributed by atoms with Crippen molar-refractivity contribution in [3.8, 4) is 17.0 Å². The van der Waals surface area contributed by atoms with Gasteiger partial charge in [0.05, 0.1) is 17.5 Å². The maximum atomic E-state index is 9.78. The predicted molar refractivity (Wildman–Crippen MR) is 104 cm³/mol. The number of aromatic nitrogens is 2. The molecule has 0 saturated heterocycles. The number of benzene rings is 1. The minimum absolute atomic E-state index is 0.166. The first-order valence-corrected chi connectivity index (χ1v) is 9.32. The van der Waals surface area contributed by atoms with Crippen LogP contribution in [-0.2, 0) is 5.41 Å². The second-order valence-electron chi connectivity index (χ2n) is 7.92. The number of rotatable bonds is 2. The van der Waals surface area contributed by atoms with Crippen LogP contribution in [0.3, 0.4) is 0 Å². The molecule has 1 saturated carbocycles. The molecule has 0 spiro atoms. The quantitative estimate of drug-likeness (QED) is 0.554. The van der Waals surface area contributed by atoms with E-state index in [1.807, 2.05) is 32.0 Å². The van der Waals surface area contributed by atoms with E-state index in [2.05, 4.69) is 15.1 Å². The molecule has 2 aliphatic rings. The molecule has 1 fully saturated rings. The van der Waals surface area contributed by atoms with Crippen LogP contribution < -0.4 is 16.2 Å². The second kappa shape index (κ2) is 6.49. The van der Waals surface area contributed by atoms with Crippen molar-refractivity contribution < 1.29 is 9.94 Å². The molecular formula is C20H25N5O2. The van der Waals surface area contributed by atoms with E-state index in [1.54, 1.807) is 0 Å². The number of hydrogen-bond donors (Lipinski definition) is 3. The Morgan fingerprint density at radius 2 is 1.89 bits per heavy atom. The first-order valence-electron chi connectivity index (χ1n) is 9.32. The molecule has 27 heavy (non-hydrogen) atoms. The van der Waals surface area contributed by atoms with Crippen molar-refractivity contribution in [1.82, 2.24) is 9.97 Å². The lowest BCUT2D eigenvalue weighted by atomic mass is 9.70. The average molecular weight is 367 g/mol. The second-order valence-corrected chi connectivity index (χ2v) is 7.92. The number of ether oxygens (including phenoxy) is 1. The summed E-state index contributed by atoms with van der Waals surface area (Å²) in [7, 11) is 0. The minimum Gasteiger partial charge on any atom is -0.490 e. The number of hydrogen-bond acceptors (Lipinski definition) is 7. The normalized spacial score (nSPS) is 24.9. The molecule has 7 nitrogen and oxygen atoms in total. The largest absolute Gasteiger partial charge is 0.490 e. The third kappa shape index (κ3) is 2.92. The van der Waals surface area contributed by atoms with Crippen LogP contribution in [0, 0.1) is 0 Å². The van der Waals surface area contributed by atoms with Crippen molar-refractivity contribution in [3.05, 3.63) is 35.7 Å². The van der Waals surface area contributed by atoms with E-state index in [9.17, 15) is 5.21 Å². The van der Waals surface area contributed by atoms with E-state index in [4.69, 9.17) is 16.2 Å². The van der Waals surface area contributed by atoms with Gasteiger partial charge in [-0.15, -0.1) is 0 Å². The molecule has 0 atom stereocenters. The van der Waals surface area contributed by atoms with Gasteiger partial charge >= 0.3 is 0 Å². The van der Waals surface area contributed by atoms with E-state index in [0.717, 1.165) is 53.8 Å². The van der Waals surface area contributed by atoms with Crippen molar-refractivity contribution in [2.45, 2.75) is 57.1 Å². The van der Waals surface area contributed by atoms with Crippen LogP contribution in [-0.4, -0.2) is 33.0 Å². The Labute approximate surface area is 158 Å². The van der Waals surface area contributed by atoms with Gasteiger partial charge in [-0.1, -0.05) is 5.16 Å². The lowest BCUT2D eigenvalue weighted by molar-refractivity contribution is 0.147. The summed E-state index contributed by atoms with van der Waals surface area (Å²) < 4.78 is 6.19. The molecular weight excluding hydrogens is 342 g/mol. The zero-order valence-corrected chi connectivity index (χ0v) is 15.6. The molecule has 7 heteroatoms. The Kier molecular flexibility index (Phi) is 4.26. The maximum Gasteiger partial charge on any atom is 0.131 e. The fourth-order valence-electron chi connectivity index (χ4n) is 4.25. The van der Waals surface area contributed by atoms with Gasteiger partial charge in [0, 0.05) is 28.1 Å². The molecule has 0 amide bonds. The molecule has 0 unspecified atom stereocenters. The minimum atomic E-state index is -0.626. The fraction of sp³-hybridized carbons (Fsp3) is 0.450. The summed E-state index contributed by atoms with van der Waals surface area (Å²) in [6.45, 7) is 3.92. The molecule has 142 valence electrons. The molecule has 0 radical (unpaired) electrons. The van der Waals surface area contributed by atoms with Gasteiger partial charge in [-0.05, 0) is 57.7 Å². The highest BCUT2D eigenvalue weighted by atomic mass is 16.5. The summed E-state index contributed by atoms with van der Waals surface area (Å²) in [5, 5.41) is 13.4. The zero-order chi connectivity index (χ0) is 19.2. The number of nitrogen functional groups attached to an aromatic ring is 1. The van der Waals surface area contributed by atoms with Crippen LogP contribution in [0.4, 0.5) is 5.82 Å². The molecule has 5 N–H and O–H groups in total. The van der Waals surface area contributed by atoms with Gasteiger partial charge in [0.15, 0.2) is 0 Å². The van der Waals surface area contributed by atoms with Gasteiger partial charge in [-0.3, -0.25) is 0 Å². The number of anilines is 1. The van der Waals surface area contributed by atoms with E-state index < -0.39 is 5.41 Å². The highest BCUT2D eigenvalue weighted by Crippen LogP contribution is 2.45. The number of nitrogens with zero attached hydrogens (tertiary/aromatic N) is 3. The Balaban J connectivity index is 1.76. The van der Waals surface area contributed by atoms with Crippen LogP contribution in [0.1, 0.15) is 50.7 Å². The highest BCUT2D eigenvalue weighted by molar-refractivity contribution is 6.15. The van der Waals surface area contributed by atoms with Gasteiger partial charge in [-0.2, -0.15) is 0 Å². The summed E-state index contributed by atoms with van der Waals surface area (Å²) >= 11 is 0. The maximum absolute atomic E-state index is 9.78. The van der Waals surface area contributed by atoms with Crippen LogP contribution in [0.2, 0.25) is 0 Å². The van der Waals surface area contributed by atoms with Crippen LogP contribution >= 0.6 is 0 Å². The Morgan fingerprint density at radius 1 is 1.15 bits per heavy atom. The van der Waals surface area contributed by atoms with Crippen LogP contribution in [0.5, 0.6) is 5.75 Å². The fourth-order valence-corrected chi connectivity index (χ4v) is 4.25. The van der Waals surface area contributed by atoms with Gasteiger partial charge in [0.1, 0.15) is 17.9 Å². The van der Waals surface area contributed by atoms with E-state index in [0.29, 0.717) is 11.5 Å². The van der Waals surface area contributed by atoms with E-state index in [-0.39, 0.29) is 12.1 Å². The molecule has 0 bridgehead atoms. The summed E-state index contributed by atoms with van der Waals surface area (Å²) in [6.07, 6.45) is 5.50. The van der Waals surface area contributed by atoms with Gasteiger partial charge in [-0.25, -0.2) is 9.97 Å². The summed E-state index contributed by atoms with van der Waals surface area (Å²) in [5.41, 5.74) is 15.2. The Hall–Kier alpha value is -2.67. The van der Waals surface area contributed by atoms with E-state index in [1.165, 1.54) is 6.33 Å².